The first kappa shape index (κ1) is 16.5. The molecule has 3 heterocycles. The van der Waals surface area contributed by atoms with Crippen LogP contribution in [0.4, 0.5) is 4.79 Å². The molecule has 0 unspecified atom stereocenters. The van der Waals surface area contributed by atoms with Crippen LogP contribution in [0.15, 0.2) is 27.3 Å². The van der Waals surface area contributed by atoms with Crippen LogP contribution in [0.2, 0.25) is 0 Å². The van der Waals surface area contributed by atoms with Crippen LogP contribution in [0.1, 0.15) is 19.7 Å². The molecule has 0 aromatic carbocycles. The maximum absolute atomic E-state index is 12.3. The van der Waals surface area contributed by atoms with Gasteiger partial charge in [-0.2, -0.15) is 4.98 Å². The maximum atomic E-state index is 12.3. The molecule has 8 heteroatoms. The number of urea groups is 1. The number of piperazine rings is 1. The van der Waals surface area contributed by atoms with Gasteiger partial charge >= 0.3 is 6.03 Å². The van der Waals surface area contributed by atoms with Crippen molar-refractivity contribution in [3.8, 4) is 11.6 Å². The molecule has 0 radical (unpaired) electrons. The van der Waals surface area contributed by atoms with Crippen LogP contribution < -0.4 is 0 Å². The summed E-state index contributed by atoms with van der Waals surface area (Å²) in [4.78, 5) is 22.7. The van der Waals surface area contributed by atoms with Crippen LogP contribution in [0.3, 0.4) is 0 Å². The van der Waals surface area contributed by atoms with Crippen LogP contribution in [-0.4, -0.2) is 70.1 Å². The van der Waals surface area contributed by atoms with Gasteiger partial charge in [0.1, 0.15) is 0 Å². The van der Waals surface area contributed by atoms with Gasteiger partial charge in [-0.15, -0.1) is 0 Å². The first-order chi connectivity index (χ1) is 11.7. The minimum Gasteiger partial charge on any atom is -0.461 e. The number of nitrogens with zero attached hydrogens (tertiary/aromatic N) is 5. The van der Waals surface area contributed by atoms with Gasteiger partial charge in [0.25, 0.3) is 0 Å². The van der Waals surface area contributed by atoms with Crippen molar-refractivity contribution in [1.29, 1.82) is 0 Å². The first-order valence-corrected chi connectivity index (χ1v) is 8.34. The van der Waals surface area contributed by atoms with Gasteiger partial charge in [-0.3, -0.25) is 4.90 Å². The van der Waals surface area contributed by atoms with E-state index in [2.05, 4.69) is 15.0 Å². The Morgan fingerprint density at radius 2 is 2.00 bits per heavy atom. The predicted molar refractivity (Wildman–Crippen MR) is 87.2 cm³/mol. The molecule has 1 aliphatic rings. The molecular formula is C16H23N5O3. The summed E-state index contributed by atoms with van der Waals surface area (Å²) in [6.45, 7) is 9.11. The summed E-state index contributed by atoms with van der Waals surface area (Å²) >= 11 is 0. The second kappa shape index (κ2) is 7.48. The molecule has 2 aromatic heterocycles. The minimum atomic E-state index is 0.123. The molecule has 24 heavy (non-hydrogen) atoms. The minimum absolute atomic E-state index is 0.123. The number of carbonyl (C=O) groups is 1. The van der Waals surface area contributed by atoms with Crippen molar-refractivity contribution in [3.05, 3.63) is 24.3 Å². The molecule has 0 saturated carbocycles. The Morgan fingerprint density at radius 1 is 1.25 bits per heavy atom. The van der Waals surface area contributed by atoms with Crippen molar-refractivity contribution < 1.29 is 13.7 Å². The number of hydrogen-bond acceptors (Lipinski definition) is 6. The van der Waals surface area contributed by atoms with Crippen LogP contribution in [0.5, 0.6) is 0 Å². The Balaban J connectivity index is 1.51. The standard InChI is InChI=1S/C16H23N5O3/c1-3-20(4-2)16(22)21-9-7-19(8-10-21)12-14-17-15(18-24-14)13-6-5-11-23-13/h5-6,11H,3-4,7-10,12H2,1-2H3. The van der Waals surface area contributed by atoms with Gasteiger partial charge in [0.15, 0.2) is 5.76 Å². The molecule has 0 aliphatic carbocycles. The monoisotopic (exact) mass is 333 g/mol. The second-order valence-electron chi connectivity index (χ2n) is 5.71. The molecule has 2 aromatic rings. The van der Waals surface area contributed by atoms with E-state index in [1.54, 1.807) is 18.4 Å². The summed E-state index contributed by atoms with van der Waals surface area (Å²) in [5.41, 5.74) is 0. The van der Waals surface area contributed by atoms with Gasteiger partial charge in [-0.25, -0.2) is 4.79 Å². The Bertz CT molecular complexity index is 642. The molecule has 0 bridgehead atoms. The third kappa shape index (κ3) is 3.59. The van der Waals surface area contributed by atoms with E-state index in [4.69, 9.17) is 8.94 Å². The number of amides is 2. The molecule has 1 fully saturated rings. The highest BCUT2D eigenvalue weighted by Gasteiger charge is 2.25. The van der Waals surface area contributed by atoms with Crippen molar-refractivity contribution in [3.63, 3.8) is 0 Å². The molecule has 3 rings (SSSR count). The summed E-state index contributed by atoms with van der Waals surface area (Å²) < 4.78 is 10.5. The Morgan fingerprint density at radius 3 is 2.62 bits per heavy atom. The normalized spacial score (nSPS) is 15.7. The quantitative estimate of drug-likeness (QED) is 0.832. The van der Waals surface area contributed by atoms with Gasteiger partial charge in [-0.05, 0) is 26.0 Å². The zero-order valence-electron chi connectivity index (χ0n) is 14.1. The zero-order valence-corrected chi connectivity index (χ0v) is 14.1. The van der Waals surface area contributed by atoms with E-state index in [0.717, 1.165) is 26.2 Å². The Labute approximate surface area is 141 Å². The van der Waals surface area contributed by atoms with Gasteiger partial charge < -0.3 is 18.7 Å². The molecule has 1 aliphatic heterocycles. The maximum Gasteiger partial charge on any atom is 0.320 e. The molecular weight excluding hydrogens is 310 g/mol. The van der Waals surface area contributed by atoms with E-state index in [1.807, 2.05) is 23.6 Å². The van der Waals surface area contributed by atoms with Gasteiger partial charge in [-0.1, -0.05) is 5.16 Å². The van der Waals surface area contributed by atoms with E-state index in [0.29, 0.717) is 37.1 Å². The topological polar surface area (TPSA) is 78.9 Å². The summed E-state index contributed by atoms with van der Waals surface area (Å²) in [5, 5.41) is 3.93. The highest BCUT2D eigenvalue weighted by atomic mass is 16.5. The fraction of sp³-hybridized carbons (Fsp3) is 0.562. The number of hydrogen-bond donors (Lipinski definition) is 0. The zero-order chi connectivity index (χ0) is 16.9. The van der Waals surface area contributed by atoms with E-state index in [9.17, 15) is 4.79 Å². The van der Waals surface area contributed by atoms with Gasteiger partial charge in [0.2, 0.25) is 11.7 Å². The highest BCUT2D eigenvalue weighted by Crippen LogP contribution is 2.17. The van der Waals surface area contributed by atoms with Crippen LogP contribution in [-0.2, 0) is 6.54 Å². The lowest BCUT2D eigenvalue weighted by Crippen LogP contribution is -2.52. The lowest BCUT2D eigenvalue weighted by Gasteiger charge is -2.36. The Kier molecular flexibility index (Phi) is 5.14. The first-order valence-electron chi connectivity index (χ1n) is 8.34. The van der Waals surface area contributed by atoms with Crippen molar-refractivity contribution in [2.24, 2.45) is 0 Å². The number of aromatic nitrogens is 2. The fourth-order valence-corrected chi connectivity index (χ4v) is 2.81. The van der Waals surface area contributed by atoms with E-state index < -0.39 is 0 Å². The van der Waals surface area contributed by atoms with Crippen LogP contribution in [0.25, 0.3) is 11.6 Å². The average molecular weight is 333 g/mol. The van der Waals surface area contributed by atoms with Crippen molar-refractivity contribution in [2.45, 2.75) is 20.4 Å². The smallest absolute Gasteiger partial charge is 0.320 e. The molecule has 0 N–H and O–H groups in total. The number of rotatable bonds is 5. The SMILES string of the molecule is CCN(CC)C(=O)N1CCN(Cc2nc(-c3ccco3)no2)CC1. The van der Waals surface area contributed by atoms with E-state index >= 15 is 0 Å². The largest absolute Gasteiger partial charge is 0.461 e. The summed E-state index contributed by atoms with van der Waals surface area (Å²) in [7, 11) is 0. The van der Waals surface area contributed by atoms with Crippen LogP contribution in [0, 0.1) is 0 Å². The third-order valence-corrected chi connectivity index (χ3v) is 4.25. The molecule has 0 atom stereocenters. The number of furan rings is 1. The average Bonchev–Trinajstić information content (AvgIpc) is 3.28. The molecule has 0 spiro atoms. The summed E-state index contributed by atoms with van der Waals surface area (Å²) in [5.74, 6) is 1.62. The molecule has 8 nitrogen and oxygen atoms in total. The summed E-state index contributed by atoms with van der Waals surface area (Å²) in [6.07, 6.45) is 1.58. The van der Waals surface area contributed by atoms with E-state index in [-0.39, 0.29) is 6.03 Å². The fourth-order valence-electron chi connectivity index (χ4n) is 2.81. The second-order valence-corrected chi connectivity index (χ2v) is 5.71. The molecule has 2 amide bonds. The number of carbonyl (C=O) groups excluding carboxylic acids is 1. The lowest BCUT2D eigenvalue weighted by atomic mass is 10.3. The van der Waals surface area contributed by atoms with E-state index in [1.165, 1.54) is 0 Å². The lowest BCUT2D eigenvalue weighted by molar-refractivity contribution is 0.106. The van der Waals surface area contributed by atoms with Crippen molar-refractivity contribution in [2.75, 3.05) is 39.3 Å². The Hall–Kier alpha value is -2.35. The van der Waals surface area contributed by atoms with Crippen LogP contribution >= 0.6 is 0 Å². The van der Waals surface area contributed by atoms with Crippen molar-refractivity contribution >= 4 is 6.03 Å². The van der Waals surface area contributed by atoms with Crippen molar-refractivity contribution in [1.82, 2.24) is 24.8 Å². The predicted octanol–water partition coefficient (Wildman–Crippen LogP) is 1.91. The summed E-state index contributed by atoms with van der Waals surface area (Å²) in [6, 6.07) is 3.71. The van der Waals surface area contributed by atoms with Gasteiger partial charge in [0, 0.05) is 39.3 Å². The highest BCUT2D eigenvalue weighted by molar-refractivity contribution is 5.74. The van der Waals surface area contributed by atoms with Gasteiger partial charge in [0.05, 0.1) is 12.8 Å². The molecule has 130 valence electrons. The third-order valence-electron chi connectivity index (χ3n) is 4.25. The molecule has 1 saturated heterocycles.